The number of nitrogens with zero attached hydrogens (tertiary/aromatic N) is 3. The number of nitrogen functional groups attached to an aromatic ring is 1. The summed E-state index contributed by atoms with van der Waals surface area (Å²) in [7, 11) is 0. The largest absolute Gasteiger partial charge is 0.456 e. The summed E-state index contributed by atoms with van der Waals surface area (Å²) < 4.78 is 17.4. The zero-order valence-electron chi connectivity index (χ0n) is 22.4. The minimum atomic E-state index is -1.01. The maximum Gasteiger partial charge on any atom is 0.342 e. The number of esters is 1. The van der Waals surface area contributed by atoms with E-state index >= 15 is 0 Å². The van der Waals surface area contributed by atoms with Crippen molar-refractivity contribution < 1.29 is 28.9 Å². The number of carbonyl (C=O) groups excluding carboxylic acids is 2. The van der Waals surface area contributed by atoms with Crippen LogP contribution in [0.1, 0.15) is 36.7 Å². The van der Waals surface area contributed by atoms with Gasteiger partial charge in [0.2, 0.25) is 5.91 Å². The number of carbonyl (C=O) groups is 2. The number of aliphatic imine (C=N–C) groups is 1. The van der Waals surface area contributed by atoms with Crippen LogP contribution >= 0.6 is 0 Å². The molecule has 4 rings (SSSR count). The number of amides is 1. The van der Waals surface area contributed by atoms with Gasteiger partial charge in [-0.1, -0.05) is 12.1 Å². The first-order valence-corrected chi connectivity index (χ1v) is 12.2. The van der Waals surface area contributed by atoms with Crippen LogP contribution < -0.4 is 37.3 Å². The highest BCUT2D eigenvalue weighted by Gasteiger charge is 2.31. The monoisotopic (exact) mass is 563 g/mol. The van der Waals surface area contributed by atoms with Crippen LogP contribution in [0.3, 0.4) is 0 Å². The van der Waals surface area contributed by atoms with Gasteiger partial charge in [0.1, 0.15) is 40.2 Å². The summed E-state index contributed by atoms with van der Waals surface area (Å²) in [6, 6.07) is 9.44. The Bertz CT molecular complexity index is 1550. The average molecular weight is 564 g/mol. The quantitative estimate of drug-likeness (QED) is 0.118. The molecule has 0 saturated carbocycles. The fourth-order valence-corrected chi connectivity index (χ4v) is 3.58. The highest BCUT2D eigenvalue weighted by molar-refractivity contribution is 6.04. The molecule has 1 aliphatic rings. The molecule has 2 heterocycles. The Morgan fingerprint density at radius 1 is 1.12 bits per heavy atom. The van der Waals surface area contributed by atoms with Crippen molar-refractivity contribution >= 4 is 40.9 Å². The maximum atomic E-state index is 13.0. The Balaban J connectivity index is 1.80. The van der Waals surface area contributed by atoms with Crippen molar-refractivity contribution in [3.05, 3.63) is 53.6 Å². The number of aliphatic hydroxyl groups is 1. The standard InChI is InChI=1S/C26H29N9O6/c1-26(2,3)41-23(38)15-8-7-12(19(27)28)9-17(15)40-22-18-20(32-16(11-36)21(37)33-18)34-25(35-22)39-14-6-4-5-13(10-14)31-24(29)30/h4-10,16,36H,11H2,1-3H3,(H3,27,28)(H,33,37)(H4,29,30,31)(H,32,34,35). The topological polar surface area (TPSA) is 246 Å². The van der Waals surface area contributed by atoms with Crippen molar-refractivity contribution in [1.82, 2.24) is 9.97 Å². The van der Waals surface area contributed by atoms with Gasteiger partial charge in [0.05, 0.1) is 12.3 Å². The van der Waals surface area contributed by atoms with E-state index in [1.165, 1.54) is 24.3 Å². The highest BCUT2D eigenvalue weighted by atomic mass is 16.6. The van der Waals surface area contributed by atoms with E-state index in [0.717, 1.165) is 0 Å². The van der Waals surface area contributed by atoms with Crippen LogP contribution in [0.25, 0.3) is 0 Å². The summed E-state index contributed by atoms with van der Waals surface area (Å²) in [5.41, 5.74) is 16.5. The molecule has 1 unspecified atom stereocenters. The number of fused-ring (bicyclic) bond motifs is 1. The normalized spacial score (nSPS) is 14.1. The molecule has 1 aromatic heterocycles. The molecule has 1 amide bonds. The third-order valence-electron chi connectivity index (χ3n) is 5.32. The molecule has 214 valence electrons. The number of ether oxygens (including phenoxy) is 3. The van der Waals surface area contributed by atoms with Gasteiger partial charge in [-0.2, -0.15) is 9.97 Å². The van der Waals surface area contributed by atoms with Gasteiger partial charge in [0.25, 0.3) is 5.88 Å². The van der Waals surface area contributed by atoms with Gasteiger partial charge in [0, 0.05) is 11.6 Å². The Labute approximate surface area is 234 Å². The first kappa shape index (κ1) is 28.6. The van der Waals surface area contributed by atoms with Gasteiger partial charge in [-0.05, 0) is 45.0 Å². The molecule has 41 heavy (non-hydrogen) atoms. The Morgan fingerprint density at radius 2 is 1.88 bits per heavy atom. The van der Waals surface area contributed by atoms with E-state index in [-0.39, 0.29) is 57.8 Å². The molecule has 0 fully saturated rings. The van der Waals surface area contributed by atoms with Gasteiger partial charge < -0.3 is 47.2 Å². The van der Waals surface area contributed by atoms with Gasteiger partial charge in [0.15, 0.2) is 11.8 Å². The number of amidine groups is 1. The van der Waals surface area contributed by atoms with E-state index < -0.39 is 30.1 Å². The minimum Gasteiger partial charge on any atom is -0.456 e. The summed E-state index contributed by atoms with van der Waals surface area (Å²) in [5, 5.41) is 22.9. The second-order valence-electron chi connectivity index (χ2n) is 9.77. The van der Waals surface area contributed by atoms with Crippen molar-refractivity contribution in [1.29, 1.82) is 5.41 Å². The number of benzene rings is 2. The third kappa shape index (κ3) is 6.96. The van der Waals surface area contributed by atoms with Crippen molar-refractivity contribution in [2.75, 3.05) is 17.2 Å². The number of nitrogens with two attached hydrogens (primary N) is 3. The predicted molar refractivity (Wildman–Crippen MR) is 150 cm³/mol. The zero-order valence-corrected chi connectivity index (χ0v) is 22.4. The van der Waals surface area contributed by atoms with Crippen LogP contribution in [0.15, 0.2) is 47.5 Å². The molecule has 0 saturated heterocycles. The minimum absolute atomic E-state index is 0.00743. The zero-order chi connectivity index (χ0) is 29.9. The smallest absolute Gasteiger partial charge is 0.342 e. The first-order chi connectivity index (χ1) is 19.3. The lowest BCUT2D eigenvalue weighted by atomic mass is 10.1. The number of guanidine groups is 1. The Hall–Kier alpha value is -5.44. The van der Waals surface area contributed by atoms with E-state index in [0.29, 0.717) is 5.69 Å². The Kier molecular flexibility index (Phi) is 7.91. The molecule has 2 aromatic carbocycles. The van der Waals surface area contributed by atoms with Crippen molar-refractivity contribution in [2.24, 2.45) is 22.2 Å². The highest BCUT2D eigenvalue weighted by Crippen LogP contribution is 2.39. The Morgan fingerprint density at radius 3 is 2.54 bits per heavy atom. The van der Waals surface area contributed by atoms with Crippen molar-refractivity contribution in [3.63, 3.8) is 0 Å². The summed E-state index contributed by atoms with van der Waals surface area (Å²) in [6.07, 6.45) is 0. The summed E-state index contributed by atoms with van der Waals surface area (Å²) in [5.74, 6) is -1.64. The molecule has 0 bridgehead atoms. The molecule has 0 radical (unpaired) electrons. The van der Waals surface area contributed by atoms with Crippen LogP contribution in [0, 0.1) is 5.41 Å². The number of hydrogen-bond acceptors (Lipinski definition) is 11. The molecule has 1 atom stereocenters. The van der Waals surface area contributed by atoms with Crippen LogP contribution in [0.5, 0.6) is 23.4 Å². The second kappa shape index (κ2) is 11.4. The number of anilines is 2. The van der Waals surface area contributed by atoms with Crippen LogP contribution in [0.2, 0.25) is 0 Å². The number of aliphatic hydroxyl groups excluding tert-OH is 1. The van der Waals surface area contributed by atoms with E-state index in [2.05, 4.69) is 25.6 Å². The van der Waals surface area contributed by atoms with Crippen LogP contribution in [-0.2, 0) is 9.53 Å². The van der Waals surface area contributed by atoms with Gasteiger partial charge in [-0.15, -0.1) is 0 Å². The van der Waals surface area contributed by atoms with Crippen molar-refractivity contribution in [3.8, 4) is 23.4 Å². The van der Waals surface area contributed by atoms with Gasteiger partial charge in [-0.25, -0.2) is 9.79 Å². The summed E-state index contributed by atoms with van der Waals surface area (Å²) >= 11 is 0. The van der Waals surface area contributed by atoms with Crippen molar-refractivity contribution in [2.45, 2.75) is 32.4 Å². The predicted octanol–water partition coefficient (Wildman–Crippen LogP) is 1.93. The van der Waals surface area contributed by atoms with Crippen LogP contribution in [0.4, 0.5) is 17.2 Å². The molecule has 10 N–H and O–H groups in total. The molecule has 15 heteroatoms. The number of aromatic nitrogens is 2. The molecule has 0 spiro atoms. The summed E-state index contributed by atoms with van der Waals surface area (Å²) in [4.78, 5) is 38.1. The lowest BCUT2D eigenvalue weighted by Crippen LogP contribution is -2.42. The lowest BCUT2D eigenvalue weighted by Gasteiger charge is -2.26. The summed E-state index contributed by atoms with van der Waals surface area (Å²) in [6.45, 7) is 4.61. The third-order valence-corrected chi connectivity index (χ3v) is 5.32. The van der Waals surface area contributed by atoms with Crippen LogP contribution in [-0.4, -0.2) is 57.0 Å². The molecule has 0 aliphatic carbocycles. The molecule has 1 aliphatic heterocycles. The lowest BCUT2D eigenvalue weighted by molar-refractivity contribution is -0.117. The molecule has 15 nitrogen and oxygen atoms in total. The first-order valence-electron chi connectivity index (χ1n) is 12.2. The molecular formula is C26H29N9O6. The van der Waals surface area contributed by atoms with E-state index in [1.54, 1.807) is 39.0 Å². The van der Waals surface area contributed by atoms with E-state index in [4.69, 9.17) is 36.8 Å². The number of nitrogens with one attached hydrogen (secondary N) is 3. The van der Waals surface area contributed by atoms with E-state index in [9.17, 15) is 14.7 Å². The van der Waals surface area contributed by atoms with E-state index in [1.807, 2.05) is 0 Å². The number of hydrogen-bond donors (Lipinski definition) is 7. The average Bonchev–Trinajstić information content (AvgIpc) is 2.87. The fourth-order valence-electron chi connectivity index (χ4n) is 3.58. The second-order valence-corrected chi connectivity index (χ2v) is 9.77. The van der Waals surface area contributed by atoms with Gasteiger partial charge in [-0.3, -0.25) is 10.2 Å². The van der Waals surface area contributed by atoms with Gasteiger partial charge >= 0.3 is 12.0 Å². The fraction of sp³-hybridized carbons (Fsp3) is 0.231. The maximum absolute atomic E-state index is 13.0. The SMILES string of the molecule is CC(C)(C)OC(=O)c1ccc(C(=N)N)cc1Oc1nc(Oc2cccc(N=C(N)N)c2)nc2c1NC(=O)C(CO)N2. The number of rotatable bonds is 8. The molecular weight excluding hydrogens is 534 g/mol. The molecule has 3 aromatic rings.